The highest BCUT2D eigenvalue weighted by molar-refractivity contribution is 8.00. The van der Waals surface area contributed by atoms with Crippen molar-refractivity contribution in [3.63, 3.8) is 0 Å². The number of benzene rings is 1. The molecule has 0 aromatic heterocycles. The number of Topliss-reactive ketones (excluding diaryl/α,β-unsaturated/α-hetero) is 2. The van der Waals surface area contributed by atoms with Crippen molar-refractivity contribution in [2.45, 2.75) is 75.6 Å². The van der Waals surface area contributed by atoms with E-state index in [1.54, 1.807) is 12.3 Å². The van der Waals surface area contributed by atoms with Crippen LogP contribution in [0.1, 0.15) is 67.8 Å². The Morgan fingerprint density at radius 2 is 1.68 bits per heavy atom. The van der Waals surface area contributed by atoms with E-state index in [9.17, 15) is 14.4 Å². The van der Waals surface area contributed by atoms with E-state index >= 15 is 0 Å². The highest BCUT2D eigenvalue weighted by Crippen LogP contribution is 2.34. The van der Waals surface area contributed by atoms with Crippen LogP contribution in [0.2, 0.25) is 0 Å². The Balaban J connectivity index is 1.04. The molecular formula is C36H58N6O7S. The standard InChI is InChI=1S/C36H58N6O7S/c1-26(43)9-12-33(44)30-11-10-28(22-31(30)38)6-5-15-49-24-29(37)23-39-13-16-46-18-20-48-21-19-47-17-14-40-35(45)8-4-3-7-34-36-32(25-50-34)41-27(2)42-36/h10-11,22-23,32,34,36,39,41-42H,2-9,12-21,24-25,37-38H2,1H3,(H,40,45)/b29-23-. The van der Waals surface area contributed by atoms with Crippen LogP contribution in [0.3, 0.4) is 0 Å². The number of aryl methyl sites for hydroxylation is 1. The molecule has 8 N–H and O–H groups in total. The first kappa shape index (κ1) is 41.1. The minimum Gasteiger partial charge on any atom is -0.399 e. The van der Waals surface area contributed by atoms with E-state index in [4.69, 9.17) is 30.4 Å². The van der Waals surface area contributed by atoms with Gasteiger partial charge in [-0.25, -0.2) is 0 Å². The van der Waals surface area contributed by atoms with E-state index in [2.05, 4.69) is 27.8 Å². The van der Waals surface area contributed by atoms with Crippen LogP contribution in [0, 0.1) is 0 Å². The number of hydrogen-bond donors (Lipinski definition) is 6. The van der Waals surface area contributed by atoms with Gasteiger partial charge in [0.05, 0.1) is 69.8 Å². The molecule has 13 nitrogen and oxygen atoms in total. The number of ether oxygens (including phenoxy) is 4. The number of fused-ring (bicyclic) bond motifs is 1. The summed E-state index contributed by atoms with van der Waals surface area (Å²) < 4.78 is 22.3. The van der Waals surface area contributed by atoms with Crippen LogP contribution in [-0.4, -0.2) is 107 Å². The van der Waals surface area contributed by atoms with Crippen LogP contribution < -0.4 is 32.7 Å². The second-order valence-electron chi connectivity index (χ2n) is 12.6. The van der Waals surface area contributed by atoms with Crippen LogP contribution in [0.15, 0.2) is 42.5 Å². The van der Waals surface area contributed by atoms with Crippen molar-refractivity contribution in [1.82, 2.24) is 21.3 Å². The topological polar surface area (TPSA) is 188 Å². The van der Waals surface area contributed by atoms with Crippen LogP contribution in [0.5, 0.6) is 0 Å². The molecule has 2 fully saturated rings. The molecule has 50 heavy (non-hydrogen) atoms. The first-order valence-electron chi connectivity index (χ1n) is 17.7. The minimum absolute atomic E-state index is 0.0119. The molecule has 2 saturated heterocycles. The third-order valence-corrected chi connectivity index (χ3v) is 9.81. The normalized spacial score (nSPS) is 18.4. The lowest BCUT2D eigenvalue weighted by atomic mass is 10.00. The summed E-state index contributed by atoms with van der Waals surface area (Å²) >= 11 is 2.01. The molecule has 280 valence electrons. The number of carbonyl (C=O) groups is 3. The summed E-state index contributed by atoms with van der Waals surface area (Å²) in [5.41, 5.74) is 14.6. The first-order valence-corrected chi connectivity index (χ1v) is 18.8. The summed E-state index contributed by atoms with van der Waals surface area (Å²) in [6.45, 7) is 10.3. The van der Waals surface area contributed by atoms with Gasteiger partial charge in [0.15, 0.2) is 5.78 Å². The number of thioether (sulfide) groups is 1. The number of unbranched alkanes of at least 4 members (excludes halogenated alkanes) is 1. The van der Waals surface area contributed by atoms with E-state index in [0.717, 1.165) is 49.2 Å². The monoisotopic (exact) mass is 718 g/mol. The molecule has 3 unspecified atom stereocenters. The van der Waals surface area contributed by atoms with E-state index in [1.807, 2.05) is 23.9 Å². The third-order valence-electron chi connectivity index (χ3n) is 8.30. The molecular weight excluding hydrogens is 660 g/mol. The Labute approximate surface area is 301 Å². The zero-order valence-electron chi connectivity index (χ0n) is 29.6. The number of anilines is 1. The van der Waals surface area contributed by atoms with Crippen molar-refractivity contribution in [2.75, 3.05) is 77.4 Å². The van der Waals surface area contributed by atoms with Crippen LogP contribution in [0.25, 0.3) is 0 Å². The van der Waals surface area contributed by atoms with Crippen molar-refractivity contribution < 1.29 is 33.3 Å². The van der Waals surface area contributed by atoms with E-state index in [0.29, 0.717) is 107 Å². The van der Waals surface area contributed by atoms with Gasteiger partial charge in [0.25, 0.3) is 0 Å². The van der Waals surface area contributed by atoms with E-state index in [-0.39, 0.29) is 30.3 Å². The summed E-state index contributed by atoms with van der Waals surface area (Å²) in [6.07, 6.45) is 7.29. The molecule has 1 aromatic rings. The molecule has 14 heteroatoms. The Morgan fingerprint density at radius 1 is 0.940 bits per heavy atom. The van der Waals surface area contributed by atoms with E-state index in [1.165, 1.54) is 6.92 Å². The summed E-state index contributed by atoms with van der Waals surface area (Å²) in [7, 11) is 0. The van der Waals surface area contributed by atoms with Crippen molar-refractivity contribution >= 4 is 34.9 Å². The quantitative estimate of drug-likeness (QED) is 0.0422. The summed E-state index contributed by atoms with van der Waals surface area (Å²) in [5.74, 6) is 2.00. The Kier molecular flexibility index (Phi) is 19.7. The molecule has 3 rings (SSSR count). The SMILES string of the molecule is C=C1NC2CSC(CCCCC(=O)NCCOCCOCCOCCN/C=C(\N)COCCCc3ccc(C(=O)CCC(C)=O)c(N)c3)C2N1. The maximum Gasteiger partial charge on any atom is 0.220 e. The third kappa shape index (κ3) is 16.6. The van der Waals surface area contributed by atoms with Crippen LogP contribution in [0.4, 0.5) is 5.69 Å². The number of nitrogens with one attached hydrogen (secondary N) is 4. The van der Waals surface area contributed by atoms with Gasteiger partial charge in [0.1, 0.15) is 5.78 Å². The van der Waals surface area contributed by atoms with Crippen molar-refractivity contribution in [3.05, 3.63) is 53.6 Å². The zero-order chi connectivity index (χ0) is 36.0. The Hall–Kier alpha value is -3.30. The van der Waals surface area contributed by atoms with Gasteiger partial charge >= 0.3 is 0 Å². The lowest BCUT2D eigenvalue weighted by Gasteiger charge is -2.17. The first-order chi connectivity index (χ1) is 24.2. The predicted octanol–water partition coefficient (Wildman–Crippen LogP) is 2.40. The Bertz CT molecular complexity index is 1250. The molecule has 0 aliphatic carbocycles. The molecule has 2 heterocycles. The number of nitrogens with two attached hydrogens (primary N) is 2. The maximum absolute atomic E-state index is 12.2. The van der Waals surface area contributed by atoms with Gasteiger partial charge in [0, 0.05) is 67.4 Å². The number of amides is 1. The molecule has 0 spiro atoms. The van der Waals surface area contributed by atoms with E-state index < -0.39 is 0 Å². The number of nitrogen functional groups attached to an aromatic ring is 1. The molecule has 1 amide bonds. The fourth-order valence-corrected chi connectivity index (χ4v) is 7.21. The molecule has 3 atom stereocenters. The highest BCUT2D eigenvalue weighted by Gasteiger charge is 2.40. The van der Waals surface area contributed by atoms with Crippen LogP contribution >= 0.6 is 11.8 Å². The van der Waals surface area contributed by atoms with Gasteiger partial charge in [-0.1, -0.05) is 19.1 Å². The minimum atomic E-state index is -0.113. The fraction of sp³-hybridized carbons (Fsp3) is 0.639. The summed E-state index contributed by atoms with van der Waals surface area (Å²) in [6, 6.07) is 6.39. The van der Waals surface area contributed by atoms with Crippen molar-refractivity contribution in [3.8, 4) is 0 Å². The average molecular weight is 719 g/mol. The van der Waals surface area contributed by atoms with Gasteiger partial charge in [0.2, 0.25) is 5.91 Å². The Morgan fingerprint density at radius 3 is 2.42 bits per heavy atom. The van der Waals surface area contributed by atoms with Gasteiger partial charge < -0.3 is 56.5 Å². The molecule has 0 bridgehead atoms. The number of hydrogen-bond acceptors (Lipinski definition) is 13. The molecule has 0 radical (unpaired) electrons. The summed E-state index contributed by atoms with van der Waals surface area (Å²) in [5, 5.41) is 13.5. The van der Waals surface area contributed by atoms with Gasteiger partial charge in [-0.3, -0.25) is 9.59 Å². The molecule has 1 aromatic carbocycles. The van der Waals surface area contributed by atoms with Crippen molar-refractivity contribution in [2.24, 2.45) is 5.73 Å². The second-order valence-corrected chi connectivity index (χ2v) is 13.9. The van der Waals surface area contributed by atoms with Crippen molar-refractivity contribution in [1.29, 1.82) is 0 Å². The highest BCUT2D eigenvalue weighted by atomic mass is 32.2. The fourth-order valence-electron chi connectivity index (χ4n) is 5.66. The van der Waals surface area contributed by atoms with Gasteiger partial charge in [-0.15, -0.1) is 0 Å². The molecule has 0 saturated carbocycles. The smallest absolute Gasteiger partial charge is 0.220 e. The lowest BCUT2D eigenvalue weighted by Crippen LogP contribution is -2.36. The van der Waals surface area contributed by atoms with Gasteiger partial charge in [-0.05, 0) is 50.3 Å². The largest absolute Gasteiger partial charge is 0.399 e. The van der Waals surface area contributed by atoms with Crippen LogP contribution in [-0.2, 0) is 35.0 Å². The second kappa shape index (κ2) is 24.0. The molecule has 2 aliphatic heterocycles. The number of rotatable bonds is 28. The molecule has 2 aliphatic rings. The maximum atomic E-state index is 12.2. The zero-order valence-corrected chi connectivity index (χ0v) is 30.4. The summed E-state index contributed by atoms with van der Waals surface area (Å²) in [4.78, 5) is 35.4. The van der Waals surface area contributed by atoms with Gasteiger partial charge in [-0.2, -0.15) is 11.8 Å². The lowest BCUT2D eigenvalue weighted by molar-refractivity contribution is -0.121. The average Bonchev–Trinajstić information content (AvgIpc) is 3.64. The number of carbonyl (C=O) groups excluding carboxylic acids is 3. The number of ketones is 2. The predicted molar refractivity (Wildman–Crippen MR) is 198 cm³/mol.